The van der Waals surface area contributed by atoms with Crippen LogP contribution in [0.5, 0.6) is 0 Å². The predicted octanol–water partition coefficient (Wildman–Crippen LogP) is 3.07. The minimum absolute atomic E-state index is 0.275. The third-order valence-electron chi connectivity index (χ3n) is 4.79. The first-order valence-electron chi connectivity index (χ1n) is 7.36. The highest BCUT2D eigenvalue weighted by atomic mass is 16.5. The fraction of sp³-hybridized carbons (Fsp3) is 0.688. The summed E-state index contributed by atoms with van der Waals surface area (Å²) >= 11 is 0. The maximum absolute atomic E-state index is 5.84. The van der Waals surface area contributed by atoms with E-state index in [2.05, 4.69) is 44.1 Å². The molecule has 3 nitrogen and oxygen atoms in total. The van der Waals surface area contributed by atoms with Crippen molar-refractivity contribution in [1.82, 2.24) is 10.3 Å². The van der Waals surface area contributed by atoms with E-state index >= 15 is 0 Å². The van der Waals surface area contributed by atoms with Crippen LogP contribution in [0.1, 0.15) is 44.7 Å². The molecule has 1 aliphatic carbocycles. The molecule has 2 rings (SSSR count). The standard InChI is InChI=1S/C16H26N2O/c1-5-16(4)14(9-15(16)19-6-2)18-11-13-7-8-17-10-12(13)3/h7-8,10,14-15,18H,5-6,9,11H2,1-4H3. The largest absolute Gasteiger partial charge is 0.378 e. The number of rotatable bonds is 6. The van der Waals surface area contributed by atoms with E-state index in [1.54, 1.807) is 0 Å². The smallest absolute Gasteiger partial charge is 0.0658 e. The Labute approximate surface area is 116 Å². The summed E-state index contributed by atoms with van der Waals surface area (Å²) in [7, 11) is 0. The summed E-state index contributed by atoms with van der Waals surface area (Å²) in [6.07, 6.45) is 6.50. The molecule has 0 radical (unpaired) electrons. The molecule has 3 unspecified atom stereocenters. The first kappa shape index (κ1) is 14.5. The van der Waals surface area contributed by atoms with Crippen LogP contribution in [0, 0.1) is 12.3 Å². The van der Waals surface area contributed by atoms with Crippen molar-refractivity contribution in [3.8, 4) is 0 Å². The second-order valence-corrected chi connectivity index (χ2v) is 5.77. The minimum atomic E-state index is 0.275. The monoisotopic (exact) mass is 262 g/mol. The van der Waals surface area contributed by atoms with Gasteiger partial charge in [-0.3, -0.25) is 4.98 Å². The molecule has 1 aliphatic rings. The van der Waals surface area contributed by atoms with Gasteiger partial charge in [-0.05, 0) is 43.9 Å². The summed E-state index contributed by atoms with van der Waals surface area (Å²) in [5.41, 5.74) is 2.87. The SMILES string of the molecule is CCOC1CC(NCc2ccncc2C)C1(C)CC. The Morgan fingerprint density at radius 1 is 1.47 bits per heavy atom. The number of nitrogens with one attached hydrogen (secondary N) is 1. The summed E-state index contributed by atoms with van der Waals surface area (Å²) in [4.78, 5) is 4.14. The van der Waals surface area contributed by atoms with E-state index in [1.165, 1.54) is 11.1 Å². The molecule has 1 aromatic heterocycles. The first-order chi connectivity index (χ1) is 9.11. The van der Waals surface area contributed by atoms with Crippen molar-refractivity contribution in [3.05, 3.63) is 29.6 Å². The Bertz CT molecular complexity index is 421. The zero-order valence-corrected chi connectivity index (χ0v) is 12.6. The molecule has 0 saturated heterocycles. The van der Waals surface area contributed by atoms with Crippen molar-refractivity contribution in [1.29, 1.82) is 0 Å². The van der Waals surface area contributed by atoms with Crippen molar-refractivity contribution in [3.63, 3.8) is 0 Å². The van der Waals surface area contributed by atoms with Crippen LogP contribution < -0.4 is 5.32 Å². The minimum Gasteiger partial charge on any atom is -0.378 e. The maximum atomic E-state index is 5.84. The van der Waals surface area contributed by atoms with E-state index in [9.17, 15) is 0 Å². The summed E-state index contributed by atoms with van der Waals surface area (Å²) in [6.45, 7) is 10.5. The molecule has 19 heavy (non-hydrogen) atoms. The Morgan fingerprint density at radius 2 is 2.26 bits per heavy atom. The first-order valence-corrected chi connectivity index (χ1v) is 7.36. The van der Waals surface area contributed by atoms with Gasteiger partial charge in [-0.15, -0.1) is 0 Å². The van der Waals surface area contributed by atoms with Gasteiger partial charge in [0.25, 0.3) is 0 Å². The predicted molar refractivity (Wildman–Crippen MR) is 78.0 cm³/mol. The third kappa shape index (κ3) is 2.82. The Hall–Kier alpha value is -0.930. The zero-order valence-electron chi connectivity index (χ0n) is 12.6. The number of pyridine rings is 1. The molecule has 1 heterocycles. The van der Waals surface area contributed by atoms with Crippen molar-refractivity contribution in [2.24, 2.45) is 5.41 Å². The Morgan fingerprint density at radius 3 is 2.89 bits per heavy atom. The third-order valence-corrected chi connectivity index (χ3v) is 4.79. The van der Waals surface area contributed by atoms with Gasteiger partial charge in [0.15, 0.2) is 0 Å². The molecule has 0 spiro atoms. The van der Waals surface area contributed by atoms with Gasteiger partial charge in [-0.1, -0.05) is 13.8 Å². The van der Waals surface area contributed by atoms with Crippen LogP contribution in [0.4, 0.5) is 0 Å². The van der Waals surface area contributed by atoms with Crippen LogP contribution >= 0.6 is 0 Å². The van der Waals surface area contributed by atoms with E-state index in [0.29, 0.717) is 12.1 Å². The van der Waals surface area contributed by atoms with Gasteiger partial charge in [0.2, 0.25) is 0 Å². The number of nitrogens with zero attached hydrogens (tertiary/aromatic N) is 1. The van der Waals surface area contributed by atoms with Crippen molar-refractivity contribution in [2.75, 3.05) is 6.61 Å². The van der Waals surface area contributed by atoms with Crippen LogP contribution in [-0.2, 0) is 11.3 Å². The molecule has 3 atom stereocenters. The van der Waals surface area contributed by atoms with Gasteiger partial charge in [0.05, 0.1) is 6.10 Å². The van der Waals surface area contributed by atoms with Crippen LogP contribution in [0.15, 0.2) is 18.5 Å². The van der Waals surface area contributed by atoms with Crippen molar-refractivity contribution in [2.45, 2.75) is 59.2 Å². The summed E-state index contributed by atoms with van der Waals surface area (Å²) < 4.78 is 5.84. The maximum Gasteiger partial charge on any atom is 0.0658 e. The summed E-state index contributed by atoms with van der Waals surface area (Å²) in [5, 5.41) is 3.70. The number of aromatic nitrogens is 1. The number of ether oxygens (including phenoxy) is 1. The average Bonchev–Trinajstić information content (AvgIpc) is 2.42. The van der Waals surface area contributed by atoms with Gasteiger partial charge < -0.3 is 10.1 Å². The molecule has 3 heteroatoms. The van der Waals surface area contributed by atoms with Crippen LogP contribution in [0.25, 0.3) is 0 Å². The molecule has 0 amide bonds. The van der Waals surface area contributed by atoms with E-state index in [0.717, 1.165) is 26.0 Å². The quantitative estimate of drug-likeness (QED) is 0.855. The molecule has 106 valence electrons. The highest BCUT2D eigenvalue weighted by Gasteiger charge is 2.50. The van der Waals surface area contributed by atoms with Crippen LogP contribution in [0.3, 0.4) is 0 Å². The Kier molecular flexibility index (Phi) is 4.58. The Balaban J connectivity index is 1.92. The zero-order chi connectivity index (χ0) is 13.9. The summed E-state index contributed by atoms with van der Waals surface area (Å²) in [6, 6.07) is 2.66. The van der Waals surface area contributed by atoms with Gasteiger partial charge >= 0.3 is 0 Å². The molecule has 0 aromatic carbocycles. The molecule has 0 bridgehead atoms. The van der Waals surface area contributed by atoms with Gasteiger partial charge in [0, 0.05) is 37.0 Å². The highest BCUT2D eigenvalue weighted by Crippen LogP contribution is 2.45. The second kappa shape index (κ2) is 6.02. The fourth-order valence-electron chi connectivity index (χ4n) is 3.00. The summed E-state index contributed by atoms with van der Waals surface area (Å²) in [5.74, 6) is 0. The van der Waals surface area contributed by atoms with E-state index in [-0.39, 0.29) is 5.41 Å². The molecule has 1 N–H and O–H groups in total. The number of hydrogen-bond donors (Lipinski definition) is 1. The normalized spacial score (nSPS) is 30.1. The lowest BCUT2D eigenvalue weighted by Crippen LogP contribution is -2.61. The second-order valence-electron chi connectivity index (χ2n) is 5.77. The molecule has 1 aromatic rings. The van der Waals surface area contributed by atoms with Crippen LogP contribution in [-0.4, -0.2) is 23.7 Å². The van der Waals surface area contributed by atoms with Crippen molar-refractivity contribution >= 4 is 0 Å². The molecule has 0 aliphatic heterocycles. The molecular formula is C16H26N2O. The topological polar surface area (TPSA) is 34.1 Å². The molecule has 1 fully saturated rings. The van der Waals surface area contributed by atoms with E-state index < -0.39 is 0 Å². The number of aryl methyl sites for hydroxylation is 1. The molecule has 1 saturated carbocycles. The van der Waals surface area contributed by atoms with E-state index in [1.807, 2.05) is 12.4 Å². The molecular weight excluding hydrogens is 236 g/mol. The van der Waals surface area contributed by atoms with Gasteiger partial charge in [-0.25, -0.2) is 0 Å². The van der Waals surface area contributed by atoms with Gasteiger partial charge in [0.1, 0.15) is 0 Å². The number of hydrogen-bond acceptors (Lipinski definition) is 3. The average molecular weight is 262 g/mol. The van der Waals surface area contributed by atoms with E-state index in [4.69, 9.17) is 4.74 Å². The van der Waals surface area contributed by atoms with Gasteiger partial charge in [-0.2, -0.15) is 0 Å². The highest BCUT2D eigenvalue weighted by molar-refractivity contribution is 5.21. The lowest BCUT2D eigenvalue weighted by Gasteiger charge is -2.53. The van der Waals surface area contributed by atoms with Crippen LogP contribution in [0.2, 0.25) is 0 Å². The van der Waals surface area contributed by atoms with Crippen molar-refractivity contribution < 1.29 is 4.74 Å². The lowest BCUT2D eigenvalue weighted by molar-refractivity contribution is -0.126. The lowest BCUT2D eigenvalue weighted by atomic mass is 9.61. The fourth-order valence-corrected chi connectivity index (χ4v) is 3.00.